The first kappa shape index (κ1) is 23.1. The van der Waals surface area contributed by atoms with Gasteiger partial charge in [0.15, 0.2) is 0 Å². The lowest BCUT2D eigenvalue weighted by Crippen LogP contribution is -2.40. The highest BCUT2D eigenvalue weighted by Gasteiger charge is 2.36. The molecule has 1 atom stereocenters. The van der Waals surface area contributed by atoms with Crippen LogP contribution < -0.4 is 9.47 Å². The van der Waals surface area contributed by atoms with Gasteiger partial charge in [-0.25, -0.2) is 9.40 Å². The number of rotatable bonds is 6. The third-order valence-electron chi connectivity index (χ3n) is 6.69. The van der Waals surface area contributed by atoms with Gasteiger partial charge in [0.1, 0.15) is 17.3 Å². The summed E-state index contributed by atoms with van der Waals surface area (Å²) in [6, 6.07) is 19.9. The first-order chi connectivity index (χ1) is 17.1. The number of halogens is 1. The molecule has 0 fully saturated rings. The van der Waals surface area contributed by atoms with E-state index < -0.39 is 0 Å². The molecule has 1 amide bonds. The molecule has 0 saturated carbocycles. The maximum Gasteiger partial charge on any atom is 0.257 e. The van der Waals surface area contributed by atoms with Crippen LogP contribution in [0, 0.1) is 5.82 Å². The molecule has 0 radical (unpaired) electrons. The Morgan fingerprint density at radius 1 is 1.03 bits per heavy atom. The predicted octanol–water partition coefficient (Wildman–Crippen LogP) is 4.58. The Balaban J connectivity index is 1.44. The summed E-state index contributed by atoms with van der Waals surface area (Å²) in [6.45, 7) is 1.80. The number of carbonyl (C=O) groups is 1. The fourth-order valence-corrected chi connectivity index (χ4v) is 4.87. The van der Waals surface area contributed by atoms with Gasteiger partial charge in [-0.3, -0.25) is 9.69 Å². The first-order valence-electron chi connectivity index (χ1n) is 11.7. The van der Waals surface area contributed by atoms with Crippen molar-refractivity contribution in [3.8, 4) is 11.5 Å². The highest BCUT2D eigenvalue weighted by Crippen LogP contribution is 2.39. The lowest BCUT2D eigenvalue weighted by Gasteiger charge is -2.30. The van der Waals surface area contributed by atoms with Gasteiger partial charge in [-0.15, -0.1) is 0 Å². The van der Waals surface area contributed by atoms with Gasteiger partial charge in [-0.1, -0.05) is 36.4 Å². The van der Waals surface area contributed by atoms with Crippen molar-refractivity contribution >= 4 is 11.6 Å². The van der Waals surface area contributed by atoms with Crippen LogP contribution in [0.25, 0.3) is 0 Å². The summed E-state index contributed by atoms with van der Waals surface area (Å²) in [6.07, 6.45) is 1.37. The van der Waals surface area contributed by atoms with Crippen LogP contribution in [0.2, 0.25) is 0 Å². The summed E-state index contributed by atoms with van der Waals surface area (Å²) >= 11 is 0. The Morgan fingerprint density at radius 2 is 1.86 bits per heavy atom. The van der Waals surface area contributed by atoms with Gasteiger partial charge in [0.2, 0.25) is 0 Å². The number of amides is 1. The molecule has 2 aliphatic rings. The zero-order valence-electron chi connectivity index (χ0n) is 19.9. The molecule has 6 nitrogen and oxygen atoms in total. The van der Waals surface area contributed by atoms with Crippen LogP contribution in [0.5, 0.6) is 11.5 Å². The Bertz CT molecular complexity index is 1280. The number of hydrogen-bond acceptors (Lipinski definition) is 5. The van der Waals surface area contributed by atoms with Crippen molar-refractivity contribution in [2.45, 2.75) is 25.4 Å². The number of methoxy groups -OCH3 is 2. The fraction of sp³-hybridized carbons (Fsp3) is 0.286. The minimum absolute atomic E-state index is 0.0985. The molecule has 3 aromatic carbocycles. The Hall–Kier alpha value is -3.71. The summed E-state index contributed by atoms with van der Waals surface area (Å²) in [5.74, 6) is 0.855. The largest absolute Gasteiger partial charge is 0.497 e. The number of fused-ring (bicyclic) bond motifs is 1. The van der Waals surface area contributed by atoms with Crippen LogP contribution >= 0.6 is 0 Å². The Kier molecular flexibility index (Phi) is 6.51. The van der Waals surface area contributed by atoms with Crippen LogP contribution in [0.15, 0.2) is 71.8 Å². The van der Waals surface area contributed by atoms with Crippen molar-refractivity contribution in [1.29, 1.82) is 0 Å². The van der Waals surface area contributed by atoms with Crippen molar-refractivity contribution < 1.29 is 18.7 Å². The van der Waals surface area contributed by atoms with Gasteiger partial charge in [0, 0.05) is 36.7 Å². The number of nitrogens with zero attached hydrogens (tertiary/aromatic N) is 3. The van der Waals surface area contributed by atoms with E-state index in [0.717, 1.165) is 25.1 Å². The van der Waals surface area contributed by atoms with Gasteiger partial charge in [0.25, 0.3) is 5.91 Å². The molecule has 0 aliphatic carbocycles. The third-order valence-corrected chi connectivity index (χ3v) is 6.69. The monoisotopic (exact) mass is 473 g/mol. The lowest BCUT2D eigenvalue weighted by molar-refractivity contribution is -0.134. The van der Waals surface area contributed by atoms with E-state index in [1.54, 1.807) is 31.4 Å². The quantitative estimate of drug-likeness (QED) is 0.526. The molecule has 0 spiro atoms. The second kappa shape index (κ2) is 9.88. The van der Waals surface area contributed by atoms with Crippen molar-refractivity contribution in [1.82, 2.24) is 9.91 Å². The zero-order valence-corrected chi connectivity index (χ0v) is 19.9. The number of hydrazone groups is 1. The van der Waals surface area contributed by atoms with Gasteiger partial charge in [-0.05, 0) is 41.8 Å². The minimum atomic E-state index is -0.362. The van der Waals surface area contributed by atoms with Gasteiger partial charge in [0.05, 0.1) is 32.5 Å². The summed E-state index contributed by atoms with van der Waals surface area (Å²) in [4.78, 5) is 15.8. The molecule has 0 bridgehead atoms. The molecule has 0 aromatic heterocycles. The molecule has 2 heterocycles. The van der Waals surface area contributed by atoms with E-state index in [2.05, 4.69) is 23.1 Å². The van der Waals surface area contributed by atoms with Gasteiger partial charge >= 0.3 is 0 Å². The molecule has 2 aliphatic heterocycles. The SMILES string of the molecule is COc1ccc(C2CC(c3cccc(F)c3)=NN2C(=O)CN2CCc3ccccc3C2)c(OC)c1. The highest BCUT2D eigenvalue weighted by atomic mass is 19.1. The van der Waals surface area contributed by atoms with E-state index in [9.17, 15) is 9.18 Å². The predicted molar refractivity (Wildman–Crippen MR) is 132 cm³/mol. The Morgan fingerprint density at radius 3 is 2.63 bits per heavy atom. The summed E-state index contributed by atoms with van der Waals surface area (Å²) in [5, 5.41) is 6.25. The molecule has 35 heavy (non-hydrogen) atoms. The molecule has 7 heteroatoms. The lowest BCUT2D eigenvalue weighted by atomic mass is 9.97. The van der Waals surface area contributed by atoms with Crippen molar-refractivity contribution in [2.24, 2.45) is 5.10 Å². The fourth-order valence-electron chi connectivity index (χ4n) is 4.87. The van der Waals surface area contributed by atoms with E-state index in [1.165, 1.54) is 23.3 Å². The number of benzene rings is 3. The van der Waals surface area contributed by atoms with Crippen LogP contribution in [0.3, 0.4) is 0 Å². The maximum absolute atomic E-state index is 14.0. The molecule has 5 rings (SSSR count). The number of ether oxygens (including phenoxy) is 2. The minimum Gasteiger partial charge on any atom is -0.497 e. The summed E-state index contributed by atoms with van der Waals surface area (Å²) in [7, 11) is 3.20. The Labute approximate surface area is 204 Å². The van der Waals surface area contributed by atoms with Crippen LogP contribution in [0.1, 0.15) is 34.7 Å². The molecule has 3 aromatic rings. The van der Waals surface area contributed by atoms with Crippen LogP contribution in [-0.4, -0.2) is 48.8 Å². The highest BCUT2D eigenvalue weighted by molar-refractivity contribution is 6.03. The smallest absolute Gasteiger partial charge is 0.257 e. The molecule has 0 saturated heterocycles. The third kappa shape index (κ3) is 4.77. The van der Waals surface area contributed by atoms with Crippen molar-refractivity contribution in [2.75, 3.05) is 27.3 Å². The first-order valence-corrected chi connectivity index (χ1v) is 11.7. The van der Waals surface area contributed by atoms with E-state index in [4.69, 9.17) is 14.6 Å². The second-order valence-corrected chi connectivity index (χ2v) is 8.85. The van der Waals surface area contributed by atoms with E-state index >= 15 is 0 Å². The van der Waals surface area contributed by atoms with Gasteiger partial charge in [-0.2, -0.15) is 5.10 Å². The maximum atomic E-state index is 14.0. The summed E-state index contributed by atoms with van der Waals surface area (Å²) in [5.41, 5.74) is 4.77. The zero-order chi connectivity index (χ0) is 24.4. The average molecular weight is 474 g/mol. The van der Waals surface area contributed by atoms with Gasteiger partial charge < -0.3 is 9.47 Å². The van der Waals surface area contributed by atoms with Crippen molar-refractivity contribution in [3.63, 3.8) is 0 Å². The van der Waals surface area contributed by atoms with Crippen molar-refractivity contribution in [3.05, 3.63) is 94.8 Å². The average Bonchev–Trinajstić information content (AvgIpc) is 3.34. The standard InChI is InChI=1S/C28H28FN3O3/c1-34-23-10-11-24(27(15-23)35-2)26-16-25(20-8-5-9-22(29)14-20)30-32(26)28(33)18-31-13-12-19-6-3-4-7-21(19)17-31/h3-11,14-15,26H,12-13,16-18H2,1-2H3. The van der Waals surface area contributed by atoms with Crippen LogP contribution in [-0.2, 0) is 17.8 Å². The topological polar surface area (TPSA) is 54.4 Å². The molecule has 0 N–H and O–H groups in total. The second-order valence-electron chi connectivity index (χ2n) is 8.85. The molecule has 180 valence electrons. The molecular formula is C28H28FN3O3. The summed E-state index contributed by atoms with van der Waals surface area (Å²) < 4.78 is 24.9. The number of carbonyl (C=O) groups excluding carboxylic acids is 1. The van der Waals surface area contributed by atoms with E-state index in [-0.39, 0.29) is 24.3 Å². The van der Waals surface area contributed by atoms with E-state index in [0.29, 0.717) is 29.2 Å². The normalized spacial score (nSPS) is 17.6. The molecular weight excluding hydrogens is 445 g/mol. The van der Waals surface area contributed by atoms with Crippen LogP contribution in [0.4, 0.5) is 4.39 Å². The number of hydrogen-bond donors (Lipinski definition) is 0. The van der Waals surface area contributed by atoms with E-state index in [1.807, 2.05) is 24.3 Å². The molecule has 1 unspecified atom stereocenters.